The lowest BCUT2D eigenvalue weighted by molar-refractivity contribution is 0.247. The minimum atomic E-state index is -0.179. The van der Waals surface area contributed by atoms with Crippen LogP contribution in [-0.4, -0.2) is 35.5 Å². The van der Waals surface area contributed by atoms with Gasteiger partial charge in [0, 0.05) is 49.3 Å². The molecule has 0 bridgehead atoms. The number of rotatable bonds is 10. The van der Waals surface area contributed by atoms with Crippen molar-refractivity contribution in [3.8, 4) is 0 Å². The molecule has 2 aromatic carbocycles. The Balaban J connectivity index is 1.46. The number of nitrogens with one attached hydrogen (secondary N) is 2. The second kappa shape index (κ2) is 12.0. The summed E-state index contributed by atoms with van der Waals surface area (Å²) in [6.07, 6.45) is 5.50. The molecular weight excluding hydrogens is 396 g/mol. The van der Waals surface area contributed by atoms with E-state index in [1.165, 1.54) is 11.1 Å². The molecule has 2 amide bonds. The summed E-state index contributed by atoms with van der Waals surface area (Å²) < 4.78 is 0. The summed E-state index contributed by atoms with van der Waals surface area (Å²) >= 11 is 5.99. The molecule has 1 aromatic heterocycles. The third-order valence-corrected chi connectivity index (χ3v) is 4.98. The Morgan fingerprint density at radius 1 is 0.933 bits per heavy atom. The van der Waals surface area contributed by atoms with Crippen LogP contribution in [0, 0.1) is 0 Å². The number of halogens is 1. The second-order valence-electron chi connectivity index (χ2n) is 7.11. The van der Waals surface area contributed by atoms with Gasteiger partial charge >= 0.3 is 6.03 Å². The fourth-order valence-electron chi connectivity index (χ4n) is 3.16. The van der Waals surface area contributed by atoms with Gasteiger partial charge < -0.3 is 10.6 Å². The van der Waals surface area contributed by atoms with E-state index in [0.29, 0.717) is 6.54 Å². The fourth-order valence-corrected chi connectivity index (χ4v) is 3.29. The van der Waals surface area contributed by atoms with Gasteiger partial charge in [0.2, 0.25) is 0 Å². The molecule has 0 aliphatic carbocycles. The molecule has 0 saturated carbocycles. The topological polar surface area (TPSA) is 57.3 Å². The van der Waals surface area contributed by atoms with E-state index >= 15 is 0 Å². The first kappa shape index (κ1) is 21.8. The highest BCUT2D eigenvalue weighted by Crippen LogP contribution is 2.12. The summed E-state index contributed by atoms with van der Waals surface area (Å²) in [4.78, 5) is 18.6. The van der Waals surface area contributed by atoms with Gasteiger partial charge in [-0.05, 0) is 54.3 Å². The summed E-state index contributed by atoms with van der Waals surface area (Å²) in [5, 5.41) is 6.52. The number of hydrogen-bond acceptors (Lipinski definition) is 3. The van der Waals surface area contributed by atoms with Crippen molar-refractivity contribution in [3.05, 3.63) is 95.3 Å². The maximum atomic E-state index is 12.0. The van der Waals surface area contributed by atoms with E-state index in [2.05, 4.69) is 38.7 Å². The van der Waals surface area contributed by atoms with Crippen LogP contribution in [-0.2, 0) is 13.0 Å². The van der Waals surface area contributed by atoms with Crippen LogP contribution < -0.4 is 10.6 Å². The lowest BCUT2D eigenvalue weighted by atomic mass is 10.1. The monoisotopic (exact) mass is 422 g/mol. The number of anilines is 1. The molecule has 3 aromatic rings. The number of para-hydroxylation sites is 1. The van der Waals surface area contributed by atoms with Gasteiger partial charge in [0.1, 0.15) is 0 Å². The van der Waals surface area contributed by atoms with Gasteiger partial charge in [0.15, 0.2) is 0 Å². The smallest absolute Gasteiger partial charge is 0.319 e. The van der Waals surface area contributed by atoms with Crippen molar-refractivity contribution in [3.63, 3.8) is 0 Å². The number of carbonyl (C=O) groups excluding carboxylic acids is 1. The Morgan fingerprint density at radius 2 is 1.73 bits per heavy atom. The summed E-state index contributed by atoms with van der Waals surface area (Å²) in [5.74, 6) is 0. The molecule has 0 radical (unpaired) electrons. The average molecular weight is 423 g/mol. The van der Waals surface area contributed by atoms with Gasteiger partial charge in [-0.2, -0.15) is 0 Å². The van der Waals surface area contributed by atoms with E-state index < -0.39 is 0 Å². The molecule has 0 aliphatic heterocycles. The summed E-state index contributed by atoms with van der Waals surface area (Å²) in [6, 6.07) is 21.3. The Morgan fingerprint density at radius 3 is 2.47 bits per heavy atom. The van der Waals surface area contributed by atoms with Crippen molar-refractivity contribution < 1.29 is 4.79 Å². The van der Waals surface area contributed by atoms with E-state index in [0.717, 1.165) is 43.2 Å². The number of benzene rings is 2. The maximum absolute atomic E-state index is 12.0. The van der Waals surface area contributed by atoms with Gasteiger partial charge in [0.25, 0.3) is 0 Å². The molecule has 1 heterocycles. The Bertz CT molecular complexity index is 888. The van der Waals surface area contributed by atoms with E-state index in [9.17, 15) is 4.79 Å². The van der Waals surface area contributed by atoms with Crippen molar-refractivity contribution in [2.45, 2.75) is 19.4 Å². The lowest BCUT2D eigenvalue weighted by Crippen LogP contribution is -2.33. The molecule has 2 N–H and O–H groups in total. The number of carbonyl (C=O) groups is 1. The van der Waals surface area contributed by atoms with Crippen LogP contribution in [0.15, 0.2) is 79.1 Å². The number of amides is 2. The molecule has 30 heavy (non-hydrogen) atoms. The maximum Gasteiger partial charge on any atom is 0.319 e. The molecule has 156 valence electrons. The first-order valence-corrected chi connectivity index (χ1v) is 10.5. The van der Waals surface area contributed by atoms with Crippen LogP contribution in [0.5, 0.6) is 0 Å². The lowest BCUT2D eigenvalue weighted by Gasteiger charge is -2.22. The standard InChI is InChI=1S/C24H27ClN4O/c25-22-11-9-20(10-12-22)13-17-29(19-21-6-4-14-26-18-21)16-5-15-27-24(30)28-23-7-2-1-3-8-23/h1-4,6-12,14,18H,5,13,15-17,19H2,(H2,27,28,30). The van der Waals surface area contributed by atoms with Crippen molar-refractivity contribution in [1.29, 1.82) is 0 Å². The fraction of sp³-hybridized carbons (Fsp3) is 0.250. The Hall–Kier alpha value is -2.89. The molecule has 6 heteroatoms. The molecule has 3 rings (SSSR count). The number of urea groups is 1. The van der Waals surface area contributed by atoms with Crippen LogP contribution >= 0.6 is 11.6 Å². The van der Waals surface area contributed by atoms with Crippen LogP contribution in [0.25, 0.3) is 0 Å². The normalized spacial score (nSPS) is 10.7. The minimum absolute atomic E-state index is 0.179. The average Bonchev–Trinajstić information content (AvgIpc) is 2.77. The highest BCUT2D eigenvalue weighted by molar-refractivity contribution is 6.30. The zero-order valence-corrected chi connectivity index (χ0v) is 17.7. The van der Waals surface area contributed by atoms with Crippen LogP contribution in [0.4, 0.5) is 10.5 Å². The van der Waals surface area contributed by atoms with Crippen molar-refractivity contribution in [2.75, 3.05) is 25.0 Å². The van der Waals surface area contributed by atoms with Crippen molar-refractivity contribution >= 4 is 23.3 Å². The molecule has 0 aliphatic rings. The third-order valence-electron chi connectivity index (χ3n) is 4.73. The first-order valence-electron chi connectivity index (χ1n) is 10.1. The number of nitrogens with zero attached hydrogens (tertiary/aromatic N) is 2. The number of pyridine rings is 1. The van der Waals surface area contributed by atoms with Gasteiger partial charge in [-0.25, -0.2) is 4.79 Å². The van der Waals surface area contributed by atoms with Gasteiger partial charge in [-0.15, -0.1) is 0 Å². The Labute approximate surface area is 183 Å². The molecule has 0 spiro atoms. The zero-order valence-electron chi connectivity index (χ0n) is 16.9. The predicted octanol–water partition coefficient (Wildman–Crippen LogP) is 4.99. The first-order chi connectivity index (χ1) is 14.7. The summed E-state index contributed by atoms with van der Waals surface area (Å²) in [6.45, 7) is 3.25. The number of aromatic nitrogens is 1. The van der Waals surface area contributed by atoms with Crippen molar-refractivity contribution in [2.24, 2.45) is 0 Å². The zero-order chi connectivity index (χ0) is 21.0. The van der Waals surface area contributed by atoms with Crippen LogP contribution in [0.1, 0.15) is 17.5 Å². The van der Waals surface area contributed by atoms with E-state index in [4.69, 9.17) is 11.6 Å². The second-order valence-corrected chi connectivity index (χ2v) is 7.55. The molecule has 0 atom stereocenters. The molecular formula is C24H27ClN4O. The Kier molecular flexibility index (Phi) is 8.69. The summed E-state index contributed by atoms with van der Waals surface area (Å²) in [7, 11) is 0. The van der Waals surface area contributed by atoms with Crippen molar-refractivity contribution in [1.82, 2.24) is 15.2 Å². The van der Waals surface area contributed by atoms with Crippen LogP contribution in [0.3, 0.4) is 0 Å². The molecule has 0 unspecified atom stereocenters. The van der Waals surface area contributed by atoms with E-state index in [1.54, 1.807) is 6.20 Å². The molecule has 0 saturated heterocycles. The van der Waals surface area contributed by atoms with Gasteiger partial charge in [-0.3, -0.25) is 9.88 Å². The highest BCUT2D eigenvalue weighted by Gasteiger charge is 2.08. The van der Waals surface area contributed by atoms with Crippen LogP contribution in [0.2, 0.25) is 5.02 Å². The third kappa shape index (κ3) is 7.85. The largest absolute Gasteiger partial charge is 0.338 e. The minimum Gasteiger partial charge on any atom is -0.338 e. The summed E-state index contributed by atoms with van der Waals surface area (Å²) in [5.41, 5.74) is 3.23. The predicted molar refractivity (Wildman–Crippen MR) is 123 cm³/mol. The van der Waals surface area contributed by atoms with Gasteiger partial charge in [-0.1, -0.05) is 48.0 Å². The van der Waals surface area contributed by atoms with E-state index in [-0.39, 0.29) is 6.03 Å². The number of hydrogen-bond donors (Lipinski definition) is 2. The quantitative estimate of drug-likeness (QED) is 0.452. The molecule has 0 fully saturated rings. The highest BCUT2D eigenvalue weighted by atomic mass is 35.5. The SMILES string of the molecule is O=C(NCCCN(CCc1ccc(Cl)cc1)Cc1cccnc1)Nc1ccccc1. The van der Waals surface area contributed by atoms with Gasteiger partial charge in [0.05, 0.1) is 0 Å². The molecule has 5 nitrogen and oxygen atoms in total. The van der Waals surface area contributed by atoms with E-state index in [1.807, 2.05) is 54.7 Å².